The van der Waals surface area contributed by atoms with Gasteiger partial charge in [-0.15, -0.1) is 12.4 Å². The Labute approximate surface area is 115 Å². The lowest BCUT2D eigenvalue weighted by Crippen LogP contribution is -2.27. The molecule has 2 rings (SSSR count). The van der Waals surface area contributed by atoms with Crippen LogP contribution in [0.4, 0.5) is 18.9 Å². The molecular weight excluding hydrogens is 286 g/mol. The zero-order valence-corrected chi connectivity index (χ0v) is 10.9. The highest BCUT2D eigenvalue weighted by atomic mass is 35.5. The van der Waals surface area contributed by atoms with E-state index in [0.29, 0.717) is 12.2 Å². The fourth-order valence-corrected chi connectivity index (χ4v) is 2.03. The zero-order chi connectivity index (χ0) is 12.5. The summed E-state index contributed by atoms with van der Waals surface area (Å²) in [6.45, 7) is 1.37. The SMILES string of the molecule is Cl.FC(F)(F)c1cc(N2CC=CCC2)ccc1Cl. The molecule has 1 aliphatic rings. The third-order valence-corrected chi connectivity index (χ3v) is 3.01. The van der Waals surface area contributed by atoms with Gasteiger partial charge in [-0.3, -0.25) is 0 Å². The second-order valence-electron chi connectivity index (χ2n) is 3.87. The fourth-order valence-electron chi connectivity index (χ4n) is 1.80. The minimum Gasteiger partial charge on any atom is -0.367 e. The lowest BCUT2D eigenvalue weighted by molar-refractivity contribution is -0.137. The molecule has 0 fully saturated rings. The first-order valence-electron chi connectivity index (χ1n) is 5.25. The summed E-state index contributed by atoms with van der Waals surface area (Å²) in [5.74, 6) is 0. The standard InChI is InChI=1S/C12H11ClF3N.ClH/c13-11-5-4-9(8-10(11)12(14,15)16)17-6-2-1-3-7-17;/h1-2,4-5,8H,3,6-7H2;1H. The van der Waals surface area contributed by atoms with Crippen LogP contribution in [0.2, 0.25) is 5.02 Å². The van der Waals surface area contributed by atoms with Gasteiger partial charge in [0.15, 0.2) is 0 Å². The summed E-state index contributed by atoms with van der Waals surface area (Å²) in [6.07, 6.45) is 0.422. The summed E-state index contributed by atoms with van der Waals surface area (Å²) in [4.78, 5) is 1.89. The monoisotopic (exact) mass is 297 g/mol. The number of anilines is 1. The highest BCUT2D eigenvalue weighted by Gasteiger charge is 2.33. The number of hydrogen-bond acceptors (Lipinski definition) is 1. The van der Waals surface area contributed by atoms with E-state index in [0.717, 1.165) is 19.0 Å². The van der Waals surface area contributed by atoms with Crippen molar-refractivity contribution in [2.45, 2.75) is 12.6 Å². The molecule has 1 aliphatic heterocycles. The summed E-state index contributed by atoms with van der Waals surface area (Å²) in [5.41, 5.74) is -0.211. The molecule has 0 aliphatic carbocycles. The van der Waals surface area contributed by atoms with Gasteiger partial charge in [0, 0.05) is 18.8 Å². The Morgan fingerprint density at radius 3 is 2.44 bits per heavy atom. The first kappa shape index (κ1) is 15.2. The van der Waals surface area contributed by atoms with Gasteiger partial charge in [-0.2, -0.15) is 13.2 Å². The molecule has 0 saturated heterocycles. The van der Waals surface area contributed by atoms with E-state index in [1.165, 1.54) is 6.07 Å². The summed E-state index contributed by atoms with van der Waals surface area (Å²) in [6, 6.07) is 4.04. The van der Waals surface area contributed by atoms with Crippen molar-refractivity contribution in [3.05, 3.63) is 40.9 Å². The van der Waals surface area contributed by atoms with E-state index in [4.69, 9.17) is 11.6 Å². The maximum Gasteiger partial charge on any atom is 0.417 e. The molecule has 1 nitrogen and oxygen atoms in total. The van der Waals surface area contributed by atoms with Crippen LogP contribution in [0.1, 0.15) is 12.0 Å². The van der Waals surface area contributed by atoms with Crippen LogP contribution < -0.4 is 4.90 Å². The van der Waals surface area contributed by atoms with Crippen LogP contribution in [-0.4, -0.2) is 13.1 Å². The molecule has 1 heterocycles. The van der Waals surface area contributed by atoms with Crippen LogP contribution in [0.5, 0.6) is 0 Å². The van der Waals surface area contributed by atoms with Gasteiger partial charge in [-0.05, 0) is 24.6 Å². The zero-order valence-electron chi connectivity index (χ0n) is 9.38. The van der Waals surface area contributed by atoms with E-state index in [2.05, 4.69) is 0 Å². The van der Waals surface area contributed by atoms with Crippen molar-refractivity contribution in [3.63, 3.8) is 0 Å². The van der Waals surface area contributed by atoms with Gasteiger partial charge in [-0.25, -0.2) is 0 Å². The Kier molecular flexibility index (Phi) is 4.93. The number of hydrogen-bond donors (Lipinski definition) is 0. The highest BCUT2D eigenvalue weighted by molar-refractivity contribution is 6.31. The highest BCUT2D eigenvalue weighted by Crippen LogP contribution is 2.37. The summed E-state index contributed by atoms with van der Waals surface area (Å²) in [7, 11) is 0. The van der Waals surface area contributed by atoms with Crippen LogP contribution in [-0.2, 0) is 6.18 Å². The predicted molar refractivity (Wildman–Crippen MR) is 69.7 cm³/mol. The molecule has 6 heteroatoms. The summed E-state index contributed by atoms with van der Waals surface area (Å²) >= 11 is 5.57. The van der Waals surface area contributed by atoms with Crippen molar-refractivity contribution < 1.29 is 13.2 Å². The van der Waals surface area contributed by atoms with Gasteiger partial charge in [0.1, 0.15) is 0 Å². The van der Waals surface area contributed by atoms with Gasteiger partial charge in [-0.1, -0.05) is 23.8 Å². The Balaban J connectivity index is 0.00000162. The molecule has 0 unspecified atom stereocenters. The van der Waals surface area contributed by atoms with Crippen LogP contribution in [0, 0.1) is 0 Å². The Morgan fingerprint density at radius 2 is 1.89 bits per heavy atom. The Bertz CT molecular complexity index is 443. The average molecular weight is 298 g/mol. The third-order valence-electron chi connectivity index (χ3n) is 2.68. The first-order chi connectivity index (χ1) is 7.98. The molecule has 100 valence electrons. The van der Waals surface area contributed by atoms with E-state index in [-0.39, 0.29) is 17.4 Å². The van der Waals surface area contributed by atoms with Crippen LogP contribution >= 0.6 is 24.0 Å². The third kappa shape index (κ3) is 3.33. The second kappa shape index (κ2) is 5.85. The van der Waals surface area contributed by atoms with Crippen molar-refractivity contribution >= 4 is 29.7 Å². The van der Waals surface area contributed by atoms with Gasteiger partial charge < -0.3 is 4.90 Å². The summed E-state index contributed by atoms with van der Waals surface area (Å²) in [5, 5.41) is -0.256. The second-order valence-corrected chi connectivity index (χ2v) is 4.28. The molecule has 0 spiro atoms. The smallest absolute Gasteiger partial charge is 0.367 e. The topological polar surface area (TPSA) is 3.24 Å². The minimum atomic E-state index is -4.40. The molecule has 1 aromatic carbocycles. The lowest BCUT2D eigenvalue weighted by Gasteiger charge is -2.26. The van der Waals surface area contributed by atoms with Crippen molar-refractivity contribution in [1.82, 2.24) is 0 Å². The van der Waals surface area contributed by atoms with E-state index < -0.39 is 11.7 Å². The van der Waals surface area contributed by atoms with Gasteiger partial charge >= 0.3 is 6.18 Å². The average Bonchev–Trinajstić information content (AvgIpc) is 2.29. The van der Waals surface area contributed by atoms with Crippen LogP contribution in [0.3, 0.4) is 0 Å². The van der Waals surface area contributed by atoms with Crippen molar-refractivity contribution in [2.24, 2.45) is 0 Å². The maximum atomic E-state index is 12.7. The Hall–Kier alpha value is -0.870. The molecule has 0 N–H and O–H groups in total. The molecule has 0 aromatic heterocycles. The quantitative estimate of drug-likeness (QED) is 0.688. The minimum absolute atomic E-state index is 0. The van der Waals surface area contributed by atoms with E-state index in [9.17, 15) is 13.2 Å². The Morgan fingerprint density at radius 1 is 1.17 bits per heavy atom. The number of nitrogens with zero attached hydrogens (tertiary/aromatic N) is 1. The first-order valence-corrected chi connectivity index (χ1v) is 5.63. The van der Waals surface area contributed by atoms with Gasteiger partial charge in [0.2, 0.25) is 0 Å². The molecular formula is C12H12Cl2F3N. The normalized spacial score (nSPS) is 15.4. The van der Waals surface area contributed by atoms with Gasteiger partial charge in [0.05, 0.1) is 10.6 Å². The van der Waals surface area contributed by atoms with Crippen molar-refractivity contribution in [1.29, 1.82) is 0 Å². The van der Waals surface area contributed by atoms with Crippen LogP contribution in [0.25, 0.3) is 0 Å². The number of alkyl halides is 3. The lowest BCUT2D eigenvalue weighted by atomic mass is 10.1. The van der Waals surface area contributed by atoms with E-state index in [1.807, 2.05) is 17.1 Å². The number of rotatable bonds is 1. The van der Waals surface area contributed by atoms with Crippen LogP contribution in [0.15, 0.2) is 30.4 Å². The van der Waals surface area contributed by atoms with Gasteiger partial charge in [0.25, 0.3) is 0 Å². The van der Waals surface area contributed by atoms with E-state index >= 15 is 0 Å². The molecule has 18 heavy (non-hydrogen) atoms. The molecule has 0 amide bonds. The largest absolute Gasteiger partial charge is 0.417 e. The molecule has 0 bridgehead atoms. The molecule has 0 atom stereocenters. The van der Waals surface area contributed by atoms with E-state index in [1.54, 1.807) is 6.07 Å². The summed E-state index contributed by atoms with van der Waals surface area (Å²) < 4.78 is 38.0. The van der Waals surface area contributed by atoms with Crippen molar-refractivity contribution in [3.8, 4) is 0 Å². The fraction of sp³-hybridized carbons (Fsp3) is 0.333. The van der Waals surface area contributed by atoms with Crippen molar-refractivity contribution in [2.75, 3.05) is 18.0 Å². The number of halogens is 5. The molecule has 0 saturated carbocycles. The molecule has 0 radical (unpaired) electrons. The number of benzene rings is 1. The molecule has 1 aromatic rings. The predicted octanol–water partition coefficient (Wildman–Crippen LogP) is 4.55. The maximum absolute atomic E-state index is 12.7.